The minimum Gasteiger partial charge on any atom is -0.345 e. The smallest absolute Gasteiger partial charge is 0.0961 e. The summed E-state index contributed by atoms with van der Waals surface area (Å²) >= 11 is 0. The predicted molar refractivity (Wildman–Crippen MR) is 312 cm³/mol. The van der Waals surface area contributed by atoms with E-state index in [2.05, 4.69) is 399 Å². The number of terminal acetylenes is 2. The molecule has 0 radical (unpaired) electrons. The minimum absolute atomic E-state index is 0.980. The number of rotatable bonds is 1. The molecule has 80 heavy (non-hydrogen) atoms. The molecule has 0 saturated heterocycles. The fraction of sp³-hybridized carbons (Fsp3) is 0. The molecule has 2 N–H and O–H groups in total. The van der Waals surface area contributed by atoms with Crippen molar-refractivity contribution in [3.05, 3.63) is 36.9 Å². The van der Waals surface area contributed by atoms with Crippen LogP contribution in [-0.4, -0.2) is 20.2 Å². The Balaban J connectivity index is 0.00000132. The highest BCUT2D eigenvalue weighted by molar-refractivity contribution is 5.91. The summed E-state index contributed by atoms with van der Waals surface area (Å²) < 4.78 is 0. The lowest BCUT2D eigenvalue weighted by Gasteiger charge is -1.97. The fourth-order valence-electron chi connectivity index (χ4n) is 3.54. The third-order valence-electron chi connectivity index (χ3n) is 6.22. The van der Waals surface area contributed by atoms with Crippen molar-refractivity contribution in [1.29, 1.82) is 0 Å². The minimum atomic E-state index is 0.980. The summed E-state index contributed by atoms with van der Waals surface area (Å²) in [6.07, 6.45) is 15.3. The number of benzene rings is 1. The summed E-state index contributed by atoms with van der Waals surface area (Å²) in [6, 6.07) is 6.04. The van der Waals surface area contributed by atoms with Gasteiger partial charge >= 0.3 is 0 Å². The van der Waals surface area contributed by atoms with Crippen LogP contribution in [-0.2, 0) is 0 Å². The van der Waals surface area contributed by atoms with E-state index in [0.717, 1.165) is 22.2 Å². The van der Waals surface area contributed by atoms with Gasteiger partial charge in [0, 0.05) is 302 Å². The molecule has 0 aliphatic heterocycles. The third kappa shape index (κ3) is 37.4. The summed E-state index contributed by atoms with van der Waals surface area (Å²) in [5.74, 6) is 158. The number of imidazole rings is 1. The molecule has 0 aliphatic carbocycles. The highest BCUT2D eigenvalue weighted by Gasteiger charge is 2.05. The van der Waals surface area contributed by atoms with Gasteiger partial charge in [-0.1, -0.05) is 12.1 Å². The average Bonchev–Trinajstić information content (AvgIpc) is 4.23. The van der Waals surface area contributed by atoms with Crippen LogP contribution >= 0.6 is 0 Å². The largest absolute Gasteiger partial charge is 0.345 e. The Morgan fingerprint density at radius 3 is 0.675 bits per heavy atom. The van der Waals surface area contributed by atoms with Crippen molar-refractivity contribution in [3.8, 4) is 403 Å². The lowest BCUT2D eigenvalue weighted by Crippen LogP contribution is -1.77. The lowest BCUT2D eigenvalue weighted by molar-refractivity contribution is 1.09. The van der Waals surface area contributed by atoms with Gasteiger partial charge in [0.25, 0.3) is 0 Å². The molecule has 3 rings (SSSR count). The fourth-order valence-corrected chi connectivity index (χ4v) is 3.54. The summed E-state index contributed by atoms with van der Waals surface area (Å²) in [7, 11) is 0. The summed E-state index contributed by atoms with van der Waals surface area (Å²) in [4.78, 5) is 7.36. The summed E-state index contributed by atoms with van der Waals surface area (Å²) in [5.41, 5.74) is 4.18. The molecular weight excluding hydrogens is 969 g/mol. The SMILES string of the molecule is C#CC#CC#CC#CC#CC#CC#CC#CC#CC#CC#CC#CC#CC#CC#CC#CC#CC#CC#CC#CC#CC#CC#CC#CC#CC#CC#CC#CC#CC#CC#CC#CC#C.c1cc(-c2cn[nH]c2)c2nc[nH]c2c1. The van der Waals surface area contributed by atoms with E-state index in [9.17, 15) is 0 Å². The Labute approximate surface area is 468 Å². The maximum atomic E-state index is 4.94. The molecule has 2 aromatic heterocycles. The van der Waals surface area contributed by atoms with Gasteiger partial charge in [0.05, 0.1) is 23.6 Å². The van der Waals surface area contributed by atoms with Crippen molar-refractivity contribution in [1.82, 2.24) is 20.2 Å². The molecule has 0 spiro atoms. The highest BCUT2D eigenvalue weighted by atomic mass is 15.1. The van der Waals surface area contributed by atoms with Crippen LogP contribution in [0.2, 0.25) is 0 Å². The topological polar surface area (TPSA) is 57.4 Å². The summed E-state index contributed by atoms with van der Waals surface area (Å²) in [5, 5.41) is 6.72. The number of para-hydroxylation sites is 1. The number of fused-ring (bicyclic) bond motifs is 1. The quantitative estimate of drug-likeness (QED) is 0.369. The van der Waals surface area contributed by atoms with Crippen molar-refractivity contribution in [2.75, 3.05) is 0 Å². The van der Waals surface area contributed by atoms with Crippen LogP contribution in [0.25, 0.3) is 22.2 Å². The standard InChI is InChI=1S/C66H2.C10H8N4/c1-3-5-7-9-11-13-15-17-19-21-23-25-27-29-31-33-35-37-39-41-43-45-47-49-51-53-55-57-59-61-63-65-66-64-62-60-58-56-54-52-50-48-46-44-42-40-38-36-34-32-30-28-26-24-22-20-18-16-14-12-10-8-6-4-2;1-2-8(7-4-13-14-5-7)10-9(3-1)11-6-12-10/h1-2H;1-6H,(H,11,12)(H,13,14). The van der Waals surface area contributed by atoms with E-state index in [1.54, 1.807) is 12.5 Å². The Bertz CT molecular complexity index is 5000. The number of hydrogen-bond acceptors (Lipinski definition) is 2. The van der Waals surface area contributed by atoms with Crippen LogP contribution in [0.5, 0.6) is 0 Å². The molecule has 2 heterocycles. The van der Waals surface area contributed by atoms with Crippen molar-refractivity contribution >= 4 is 11.0 Å². The molecule has 0 saturated carbocycles. The maximum absolute atomic E-state index is 4.94. The van der Waals surface area contributed by atoms with Gasteiger partial charge in [-0.3, -0.25) is 5.10 Å². The average molecular weight is 979 g/mol. The molecule has 0 aliphatic rings. The van der Waals surface area contributed by atoms with Crippen LogP contribution < -0.4 is 0 Å². The van der Waals surface area contributed by atoms with Gasteiger partial charge in [-0.2, -0.15) is 5.10 Å². The molecule has 0 unspecified atom stereocenters. The number of H-pyrrole nitrogens is 2. The molecule has 1 aromatic carbocycles. The number of aromatic amines is 2. The maximum Gasteiger partial charge on any atom is 0.0961 e. The van der Waals surface area contributed by atoms with Crippen molar-refractivity contribution < 1.29 is 0 Å². The molecule has 0 fully saturated rings. The van der Waals surface area contributed by atoms with Crippen LogP contribution in [0.1, 0.15) is 0 Å². The Kier molecular flexibility index (Phi) is 36.3. The first-order valence-electron chi connectivity index (χ1n) is 20.7. The first-order chi connectivity index (χ1) is 39.9. The van der Waals surface area contributed by atoms with Crippen molar-refractivity contribution in [2.45, 2.75) is 0 Å². The van der Waals surface area contributed by atoms with E-state index in [-0.39, 0.29) is 0 Å². The molecule has 0 amide bonds. The number of aromatic nitrogens is 4. The van der Waals surface area contributed by atoms with Crippen LogP contribution in [0, 0.1) is 392 Å². The lowest BCUT2D eigenvalue weighted by atomic mass is 10.1. The van der Waals surface area contributed by atoms with E-state index in [0.29, 0.717) is 0 Å². The Morgan fingerprint density at radius 1 is 0.275 bits per heavy atom. The molecule has 0 bridgehead atoms. The second-order valence-corrected chi connectivity index (χ2v) is 11.1. The first kappa shape index (κ1) is 59.5. The van der Waals surface area contributed by atoms with Gasteiger partial charge < -0.3 is 4.98 Å². The van der Waals surface area contributed by atoms with E-state index >= 15 is 0 Å². The van der Waals surface area contributed by atoms with Crippen molar-refractivity contribution in [3.63, 3.8) is 0 Å². The second-order valence-electron chi connectivity index (χ2n) is 11.1. The first-order valence-corrected chi connectivity index (χ1v) is 20.7. The monoisotopic (exact) mass is 978 g/mol. The summed E-state index contributed by atoms with van der Waals surface area (Å²) in [6.45, 7) is 0. The molecule has 3 aromatic rings. The molecule has 4 nitrogen and oxygen atoms in total. The van der Waals surface area contributed by atoms with Crippen LogP contribution in [0.4, 0.5) is 0 Å². The molecule has 334 valence electrons. The Morgan fingerprint density at radius 2 is 0.487 bits per heavy atom. The second kappa shape index (κ2) is 48.8. The van der Waals surface area contributed by atoms with Gasteiger partial charge in [0.2, 0.25) is 0 Å². The van der Waals surface area contributed by atoms with Crippen LogP contribution in [0.3, 0.4) is 0 Å². The van der Waals surface area contributed by atoms with E-state index < -0.39 is 0 Å². The zero-order valence-electron chi connectivity index (χ0n) is 40.5. The highest BCUT2D eigenvalue weighted by Crippen LogP contribution is 2.24. The van der Waals surface area contributed by atoms with Gasteiger partial charge in [-0.15, -0.1) is 12.8 Å². The molecular formula is C76H10N4. The third-order valence-corrected chi connectivity index (χ3v) is 6.22. The van der Waals surface area contributed by atoms with E-state index in [1.807, 2.05) is 24.4 Å². The number of hydrogen-bond donors (Lipinski definition) is 2. The zero-order valence-corrected chi connectivity index (χ0v) is 40.5. The number of nitrogens with one attached hydrogen (secondary N) is 2. The van der Waals surface area contributed by atoms with Crippen molar-refractivity contribution in [2.24, 2.45) is 0 Å². The normalized spacial score (nSPS) is 5.12. The molecule has 0 atom stereocenters. The van der Waals surface area contributed by atoms with Gasteiger partial charge in [0.1, 0.15) is 0 Å². The van der Waals surface area contributed by atoms with Gasteiger partial charge in [-0.25, -0.2) is 4.98 Å². The van der Waals surface area contributed by atoms with E-state index in [1.165, 1.54) is 0 Å². The molecule has 4 heteroatoms. The number of nitrogens with zero attached hydrogens (tertiary/aromatic N) is 2. The van der Waals surface area contributed by atoms with E-state index in [4.69, 9.17) is 12.8 Å². The zero-order chi connectivity index (χ0) is 56.6. The van der Waals surface area contributed by atoms with Gasteiger partial charge in [0.15, 0.2) is 0 Å². The van der Waals surface area contributed by atoms with Gasteiger partial charge in [-0.05, 0) is 101 Å². The Hall–Kier alpha value is -16.6. The predicted octanol–water partition coefficient (Wildman–Crippen LogP) is 2.31. The van der Waals surface area contributed by atoms with Crippen LogP contribution in [0.15, 0.2) is 36.9 Å².